The summed E-state index contributed by atoms with van der Waals surface area (Å²) in [5, 5.41) is 12.9. The molecule has 9 heteroatoms. The highest BCUT2D eigenvalue weighted by Gasteiger charge is 2.49. The fraction of sp³-hybridized carbons (Fsp3) is 0.333. The van der Waals surface area contributed by atoms with Crippen LogP contribution in [0.15, 0.2) is 36.4 Å². The molecule has 0 bridgehead atoms. The minimum absolute atomic E-state index is 0.334. The lowest BCUT2D eigenvalue weighted by molar-refractivity contribution is -0.132. The van der Waals surface area contributed by atoms with Gasteiger partial charge in [0.15, 0.2) is 11.5 Å². The summed E-state index contributed by atoms with van der Waals surface area (Å²) in [7, 11) is 0. The molecule has 2 N–H and O–H groups in total. The van der Waals surface area contributed by atoms with Crippen molar-refractivity contribution in [1.82, 2.24) is 10.2 Å². The maximum Gasteiger partial charge on any atom is 0.325 e. The maximum absolute atomic E-state index is 13.9. The summed E-state index contributed by atoms with van der Waals surface area (Å²) in [5.74, 6) is -1.18. The molecule has 1 saturated heterocycles. The molecule has 0 spiro atoms. The van der Waals surface area contributed by atoms with Gasteiger partial charge in [0.1, 0.15) is 23.3 Å². The van der Waals surface area contributed by atoms with Crippen LogP contribution in [-0.4, -0.2) is 41.7 Å². The van der Waals surface area contributed by atoms with E-state index < -0.39 is 41.8 Å². The standard InChI is InChI=1S/C21H20F2N2O5/c1-21(12-3-6-17-18(9-12)30-8-2-7-29-17)19(27)25(20(28)24-21)11-16(26)14-10-13(22)4-5-15(14)23/h3-6,9-10,16,26H,2,7-8,11H2,1H3,(H,24,28)/t16-,21+/m0/s1. The van der Waals surface area contributed by atoms with E-state index in [0.717, 1.165) is 29.5 Å². The summed E-state index contributed by atoms with van der Waals surface area (Å²) in [6.07, 6.45) is -0.860. The molecule has 2 atom stereocenters. The lowest BCUT2D eigenvalue weighted by Crippen LogP contribution is -2.41. The van der Waals surface area contributed by atoms with Crippen molar-refractivity contribution >= 4 is 11.9 Å². The molecule has 0 aliphatic carbocycles. The molecule has 3 amide bonds. The molecular weight excluding hydrogens is 398 g/mol. The van der Waals surface area contributed by atoms with E-state index >= 15 is 0 Å². The van der Waals surface area contributed by atoms with E-state index in [4.69, 9.17) is 9.47 Å². The van der Waals surface area contributed by atoms with Gasteiger partial charge in [0.2, 0.25) is 0 Å². The number of hydrogen-bond donors (Lipinski definition) is 2. The van der Waals surface area contributed by atoms with Crippen molar-refractivity contribution in [3.8, 4) is 11.5 Å². The number of aliphatic hydroxyl groups is 1. The van der Waals surface area contributed by atoms with Crippen LogP contribution in [0.3, 0.4) is 0 Å². The van der Waals surface area contributed by atoms with Crippen LogP contribution in [0.1, 0.15) is 30.6 Å². The van der Waals surface area contributed by atoms with Crippen LogP contribution < -0.4 is 14.8 Å². The third-order valence-corrected chi connectivity index (χ3v) is 5.27. The molecule has 0 radical (unpaired) electrons. The number of urea groups is 1. The molecule has 0 saturated carbocycles. The van der Waals surface area contributed by atoms with Gasteiger partial charge in [-0.05, 0) is 42.8 Å². The topological polar surface area (TPSA) is 88.1 Å². The Morgan fingerprint density at radius 1 is 1.13 bits per heavy atom. The average Bonchev–Trinajstić information content (AvgIpc) is 2.89. The summed E-state index contributed by atoms with van der Waals surface area (Å²) < 4.78 is 38.6. The van der Waals surface area contributed by atoms with Crippen LogP contribution in [0.2, 0.25) is 0 Å². The summed E-state index contributed by atoms with van der Waals surface area (Å²) in [6, 6.07) is 6.83. The number of hydrogen-bond acceptors (Lipinski definition) is 5. The highest BCUT2D eigenvalue weighted by atomic mass is 19.1. The minimum Gasteiger partial charge on any atom is -0.490 e. The predicted molar refractivity (Wildman–Crippen MR) is 101 cm³/mol. The van der Waals surface area contributed by atoms with Crippen molar-refractivity contribution in [2.45, 2.75) is 25.0 Å². The Kier molecular flexibility index (Phi) is 5.07. The Labute approximate surface area is 171 Å². The molecule has 4 rings (SSSR count). The van der Waals surface area contributed by atoms with Crippen LogP contribution in [-0.2, 0) is 10.3 Å². The molecule has 7 nitrogen and oxygen atoms in total. The number of nitrogens with zero attached hydrogens (tertiary/aromatic N) is 1. The first kappa shape index (κ1) is 20.1. The van der Waals surface area contributed by atoms with Crippen molar-refractivity contribution in [2.24, 2.45) is 0 Å². The van der Waals surface area contributed by atoms with Gasteiger partial charge < -0.3 is 19.9 Å². The molecule has 0 unspecified atom stereocenters. The van der Waals surface area contributed by atoms with Crippen LogP contribution in [0.25, 0.3) is 0 Å². The normalized spacial score (nSPS) is 21.9. The number of amides is 3. The molecule has 2 aliphatic heterocycles. The first-order valence-corrected chi connectivity index (χ1v) is 9.47. The van der Waals surface area contributed by atoms with Gasteiger partial charge >= 0.3 is 6.03 Å². The number of carbonyl (C=O) groups is 2. The number of halogens is 2. The second-order valence-corrected chi connectivity index (χ2v) is 7.36. The van der Waals surface area contributed by atoms with E-state index in [0.29, 0.717) is 30.3 Å². The monoisotopic (exact) mass is 418 g/mol. The van der Waals surface area contributed by atoms with Gasteiger partial charge in [0, 0.05) is 12.0 Å². The van der Waals surface area contributed by atoms with Gasteiger partial charge in [-0.25, -0.2) is 13.6 Å². The predicted octanol–water partition coefficient (Wildman–Crippen LogP) is 2.63. The zero-order chi connectivity index (χ0) is 21.5. The van der Waals surface area contributed by atoms with Crippen LogP contribution >= 0.6 is 0 Å². The molecule has 158 valence electrons. The number of nitrogens with one attached hydrogen (secondary N) is 1. The fourth-order valence-corrected chi connectivity index (χ4v) is 3.57. The molecular formula is C21H20F2N2O5. The van der Waals surface area contributed by atoms with Gasteiger partial charge in [0.25, 0.3) is 5.91 Å². The van der Waals surface area contributed by atoms with E-state index in [1.165, 1.54) is 6.92 Å². The molecule has 0 aromatic heterocycles. The number of ether oxygens (including phenoxy) is 2. The van der Waals surface area contributed by atoms with Gasteiger partial charge in [-0.15, -0.1) is 0 Å². The number of fused-ring (bicyclic) bond motifs is 1. The number of rotatable bonds is 4. The van der Waals surface area contributed by atoms with Gasteiger partial charge in [0.05, 0.1) is 19.8 Å². The molecule has 2 aromatic carbocycles. The molecule has 2 heterocycles. The average molecular weight is 418 g/mol. The number of imide groups is 1. The maximum atomic E-state index is 13.9. The van der Waals surface area contributed by atoms with Crippen LogP contribution in [0.5, 0.6) is 11.5 Å². The van der Waals surface area contributed by atoms with E-state index in [1.54, 1.807) is 18.2 Å². The Hall–Kier alpha value is -3.20. The molecule has 30 heavy (non-hydrogen) atoms. The van der Waals surface area contributed by atoms with E-state index in [9.17, 15) is 23.5 Å². The van der Waals surface area contributed by atoms with Gasteiger partial charge in [-0.1, -0.05) is 6.07 Å². The Morgan fingerprint density at radius 2 is 1.87 bits per heavy atom. The number of benzene rings is 2. The SMILES string of the molecule is C[C@]1(c2ccc3c(c2)OCCCO3)NC(=O)N(C[C@H](O)c2cc(F)ccc2F)C1=O. The largest absolute Gasteiger partial charge is 0.490 e. The van der Waals surface area contributed by atoms with E-state index in [-0.39, 0.29) is 5.56 Å². The lowest BCUT2D eigenvalue weighted by atomic mass is 9.91. The van der Waals surface area contributed by atoms with Crippen molar-refractivity contribution in [3.05, 3.63) is 59.2 Å². The highest BCUT2D eigenvalue weighted by molar-refractivity contribution is 6.07. The summed E-state index contributed by atoms with van der Waals surface area (Å²) in [5.41, 5.74) is -1.28. The quantitative estimate of drug-likeness (QED) is 0.746. The Balaban J connectivity index is 1.59. The van der Waals surface area contributed by atoms with Gasteiger partial charge in [-0.2, -0.15) is 0 Å². The minimum atomic E-state index is -1.58. The third-order valence-electron chi connectivity index (χ3n) is 5.27. The first-order chi connectivity index (χ1) is 14.3. The fourth-order valence-electron chi connectivity index (χ4n) is 3.57. The second-order valence-electron chi connectivity index (χ2n) is 7.36. The van der Waals surface area contributed by atoms with E-state index in [2.05, 4.69) is 5.32 Å². The second kappa shape index (κ2) is 7.56. The Morgan fingerprint density at radius 3 is 2.63 bits per heavy atom. The van der Waals surface area contributed by atoms with Gasteiger partial charge in [-0.3, -0.25) is 9.69 Å². The smallest absolute Gasteiger partial charge is 0.325 e. The van der Waals surface area contributed by atoms with Crippen molar-refractivity contribution in [3.63, 3.8) is 0 Å². The summed E-state index contributed by atoms with van der Waals surface area (Å²) >= 11 is 0. The van der Waals surface area contributed by atoms with Crippen LogP contribution in [0, 0.1) is 11.6 Å². The number of β-amino-alcohol motifs (C(OH)–C–C–N with tert-alkyl or cyclic N) is 1. The zero-order valence-corrected chi connectivity index (χ0v) is 16.2. The lowest BCUT2D eigenvalue weighted by Gasteiger charge is -2.24. The first-order valence-electron chi connectivity index (χ1n) is 9.47. The van der Waals surface area contributed by atoms with Crippen molar-refractivity contribution < 1.29 is 33.0 Å². The molecule has 1 fully saturated rings. The van der Waals surface area contributed by atoms with Crippen molar-refractivity contribution in [2.75, 3.05) is 19.8 Å². The van der Waals surface area contributed by atoms with E-state index in [1.807, 2.05) is 0 Å². The number of aliphatic hydroxyl groups excluding tert-OH is 1. The van der Waals surface area contributed by atoms with Crippen LogP contribution in [0.4, 0.5) is 13.6 Å². The molecule has 2 aromatic rings. The number of carbonyl (C=O) groups excluding carboxylic acids is 2. The zero-order valence-electron chi connectivity index (χ0n) is 16.2. The molecule has 2 aliphatic rings. The van der Waals surface area contributed by atoms with Crippen molar-refractivity contribution in [1.29, 1.82) is 0 Å². The highest BCUT2D eigenvalue weighted by Crippen LogP contribution is 2.37. The Bertz CT molecular complexity index is 1010. The third kappa shape index (κ3) is 3.45. The summed E-state index contributed by atoms with van der Waals surface area (Å²) in [4.78, 5) is 26.4. The summed E-state index contributed by atoms with van der Waals surface area (Å²) in [6.45, 7) is 1.99.